The fourth-order valence-electron chi connectivity index (χ4n) is 1.70. The van der Waals surface area contributed by atoms with Gasteiger partial charge in [-0.05, 0) is 24.2 Å². The van der Waals surface area contributed by atoms with Crippen molar-refractivity contribution in [2.24, 2.45) is 0 Å². The summed E-state index contributed by atoms with van der Waals surface area (Å²) in [5.74, 6) is 0. The number of hydrogen-bond acceptors (Lipinski definition) is 0. The smallest absolute Gasteiger partial charge is 0.0303 e. The van der Waals surface area contributed by atoms with E-state index in [-0.39, 0.29) is 0 Å². The molecule has 0 saturated carbocycles. The van der Waals surface area contributed by atoms with Gasteiger partial charge in [-0.1, -0.05) is 103 Å². The van der Waals surface area contributed by atoms with Crippen LogP contribution in [0.3, 0.4) is 0 Å². The zero-order valence-corrected chi connectivity index (χ0v) is 14.6. The first-order chi connectivity index (χ1) is 10.7. The largest absolute Gasteiger partial charge is 0.106 e. The molecule has 0 aliphatic carbocycles. The van der Waals surface area contributed by atoms with Crippen LogP contribution in [0.5, 0.6) is 0 Å². The highest BCUT2D eigenvalue weighted by Gasteiger charge is 1.80. The Bertz CT molecular complexity index is 551. The molecule has 0 spiro atoms. The second-order valence-electron chi connectivity index (χ2n) is 4.90. The van der Waals surface area contributed by atoms with Crippen molar-refractivity contribution in [3.05, 3.63) is 102 Å². The van der Waals surface area contributed by atoms with Crippen LogP contribution in [0.4, 0.5) is 0 Å². The summed E-state index contributed by atoms with van der Waals surface area (Å²) < 4.78 is 0. The summed E-state index contributed by atoms with van der Waals surface area (Å²) in [6, 6.07) is 30.8. The van der Waals surface area contributed by atoms with Crippen LogP contribution in [-0.4, -0.2) is 0 Å². The van der Waals surface area contributed by atoms with E-state index in [0.29, 0.717) is 0 Å². The van der Waals surface area contributed by atoms with Crippen molar-refractivity contribution in [2.75, 3.05) is 0 Å². The van der Waals surface area contributed by atoms with Crippen LogP contribution in [0, 0.1) is 6.92 Å². The lowest BCUT2D eigenvalue weighted by Gasteiger charge is -1.89. The molecule has 0 aromatic heterocycles. The molecule has 0 saturated heterocycles. The highest BCUT2D eigenvalue weighted by atomic mass is 31.0. The van der Waals surface area contributed by atoms with Crippen molar-refractivity contribution in [1.29, 1.82) is 0 Å². The van der Waals surface area contributed by atoms with Crippen LogP contribution >= 0.6 is 9.24 Å². The topological polar surface area (TPSA) is 0 Å². The molecule has 0 heterocycles. The van der Waals surface area contributed by atoms with E-state index < -0.39 is 0 Å². The molecule has 0 aliphatic heterocycles. The Kier molecular flexibility index (Phi) is 9.66. The van der Waals surface area contributed by atoms with E-state index in [4.69, 9.17) is 0 Å². The number of aryl methyl sites for hydroxylation is 2. The molecule has 3 rings (SSSR count). The van der Waals surface area contributed by atoms with Crippen LogP contribution in [0.1, 0.15) is 18.1 Å². The Balaban J connectivity index is 0.000000166. The Labute approximate surface area is 137 Å². The standard InChI is InChI=1S/C8H10.C7H8.C6H7P/c1-2-8-6-4-3-5-7-8;1-7-5-3-2-4-6-7;7-6-4-2-1-3-5-6/h3-7H,2H2,1H3;2-6H,1H3;1-5H,7H2. The fraction of sp³-hybridized carbons (Fsp3) is 0.143. The molecule has 3 aromatic carbocycles. The number of hydrogen-bond donors (Lipinski definition) is 0. The average Bonchev–Trinajstić information content (AvgIpc) is 2.58. The molecule has 1 atom stereocenters. The molecule has 114 valence electrons. The molecule has 0 nitrogen and oxygen atoms in total. The summed E-state index contributed by atoms with van der Waals surface area (Å²) in [5.41, 5.74) is 2.73. The molecule has 0 radical (unpaired) electrons. The average molecular weight is 308 g/mol. The van der Waals surface area contributed by atoms with E-state index in [1.807, 2.05) is 54.6 Å². The van der Waals surface area contributed by atoms with Gasteiger partial charge >= 0.3 is 0 Å². The quantitative estimate of drug-likeness (QED) is 0.526. The second-order valence-corrected chi connectivity index (χ2v) is 5.57. The van der Waals surface area contributed by atoms with Gasteiger partial charge in [-0.25, -0.2) is 0 Å². The molecular weight excluding hydrogens is 283 g/mol. The van der Waals surface area contributed by atoms with Crippen LogP contribution < -0.4 is 5.30 Å². The highest BCUT2D eigenvalue weighted by Crippen LogP contribution is 1.96. The van der Waals surface area contributed by atoms with Crippen molar-refractivity contribution in [3.8, 4) is 0 Å². The predicted molar refractivity (Wildman–Crippen MR) is 103 cm³/mol. The van der Waals surface area contributed by atoms with E-state index in [9.17, 15) is 0 Å². The third-order valence-electron chi connectivity index (χ3n) is 2.99. The minimum absolute atomic E-state index is 1.14. The lowest BCUT2D eigenvalue weighted by molar-refractivity contribution is 1.14. The van der Waals surface area contributed by atoms with Gasteiger partial charge in [0.05, 0.1) is 0 Å². The number of benzene rings is 3. The van der Waals surface area contributed by atoms with Crippen LogP contribution in [0.15, 0.2) is 91.0 Å². The first kappa shape index (κ1) is 18.1. The van der Waals surface area contributed by atoms with E-state index in [1.54, 1.807) is 0 Å². The van der Waals surface area contributed by atoms with Gasteiger partial charge in [-0.2, -0.15) is 0 Å². The molecule has 3 aromatic rings. The van der Waals surface area contributed by atoms with Crippen molar-refractivity contribution in [1.82, 2.24) is 0 Å². The SMILES string of the molecule is CCc1ccccc1.Cc1ccccc1.Pc1ccccc1. The first-order valence-electron chi connectivity index (χ1n) is 7.58. The second kappa shape index (κ2) is 11.7. The molecule has 1 unspecified atom stereocenters. The Morgan fingerprint density at radius 1 is 0.636 bits per heavy atom. The maximum absolute atomic E-state index is 2.63. The zero-order valence-electron chi connectivity index (χ0n) is 13.4. The molecule has 0 bridgehead atoms. The van der Waals surface area contributed by atoms with Gasteiger partial charge in [0.1, 0.15) is 0 Å². The number of rotatable bonds is 1. The summed E-state index contributed by atoms with van der Waals surface area (Å²) >= 11 is 0. The molecule has 1 heteroatoms. The minimum Gasteiger partial charge on any atom is -0.106 e. The fourth-order valence-corrected chi connectivity index (χ4v) is 1.92. The Hall–Kier alpha value is -1.91. The van der Waals surface area contributed by atoms with Gasteiger partial charge in [0.2, 0.25) is 0 Å². The molecular formula is C21H25P. The van der Waals surface area contributed by atoms with E-state index in [0.717, 1.165) is 6.42 Å². The summed E-state index contributed by atoms with van der Waals surface area (Å²) in [7, 11) is 2.63. The molecule has 22 heavy (non-hydrogen) atoms. The predicted octanol–water partition coefficient (Wildman–Crippen LogP) is 5.43. The molecule has 0 fully saturated rings. The van der Waals surface area contributed by atoms with Gasteiger partial charge < -0.3 is 0 Å². The summed E-state index contributed by atoms with van der Waals surface area (Å²) in [5, 5.41) is 1.24. The van der Waals surface area contributed by atoms with E-state index in [2.05, 4.69) is 59.5 Å². The van der Waals surface area contributed by atoms with Crippen molar-refractivity contribution >= 4 is 14.5 Å². The Morgan fingerprint density at radius 2 is 1.05 bits per heavy atom. The Morgan fingerprint density at radius 3 is 1.27 bits per heavy atom. The normalized spacial score (nSPS) is 8.86. The van der Waals surface area contributed by atoms with Gasteiger partial charge in [0.25, 0.3) is 0 Å². The molecule has 0 aliphatic rings. The monoisotopic (exact) mass is 308 g/mol. The molecule has 0 amide bonds. The lowest BCUT2D eigenvalue weighted by atomic mass is 10.2. The lowest BCUT2D eigenvalue weighted by Crippen LogP contribution is -1.82. The van der Waals surface area contributed by atoms with Crippen molar-refractivity contribution in [2.45, 2.75) is 20.3 Å². The van der Waals surface area contributed by atoms with Gasteiger partial charge in [-0.3, -0.25) is 0 Å². The maximum Gasteiger partial charge on any atom is -0.0303 e. The van der Waals surface area contributed by atoms with Crippen LogP contribution in [0.2, 0.25) is 0 Å². The summed E-state index contributed by atoms with van der Waals surface area (Å²) in [6.45, 7) is 4.25. The van der Waals surface area contributed by atoms with Gasteiger partial charge in [0.15, 0.2) is 0 Å². The third kappa shape index (κ3) is 9.10. The highest BCUT2D eigenvalue weighted by molar-refractivity contribution is 7.27. The maximum atomic E-state index is 2.63. The third-order valence-corrected chi connectivity index (χ3v) is 3.38. The van der Waals surface area contributed by atoms with E-state index in [1.165, 1.54) is 16.4 Å². The zero-order chi connectivity index (χ0) is 16.0. The summed E-state index contributed by atoms with van der Waals surface area (Å²) in [4.78, 5) is 0. The first-order valence-corrected chi connectivity index (χ1v) is 8.16. The van der Waals surface area contributed by atoms with Gasteiger partial charge in [-0.15, -0.1) is 9.24 Å². The van der Waals surface area contributed by atoms with Crippen LogP contribution in [-0.2, 0) is 6.42 Å². The van der Waals surface area contributed by atoms with Crippen LogP contribution in [0.25, 0.3) is 0 Å². The summed E-state index contributed by atoms with van der Waals surface area (Å²) in [6.07, 6.45) is 1.14. The van der Waals surface area contributed by atoms with Gasteiger partial charge in [0, 0.05) is 0 Å². The molecule has 0 N–H and O–H groups in total. The van der Waals surface area contributed by atoms with E-state index >= 15 is 0 Å². The minimum atomic E-state index is 1.14. The van der Waals surface area contributed by atoms with Crippen molar-refractivity contribution < 1.29 is 0 Å². The van der Waals surface area contributed by atoms with Crippen molar-refractivity contribution in [3.63, 3.8) is 0 Å².